The van der Waals surface area contributed by atoms with E-state index in [4.69, 9.17) is 4.74 Å². The summed E-state index contributed by atoms with van der Waals surface area (Å²) in [6.45, 7) is 5.47. The number of nitrogens with zero attached hydrogens (tertiary/aromatic N) is 1. The molecule has 2 heterocycles. The summed E-state index contributed by atoms with van der Waals surface area (Å²) in [5.74, 6) is 0.0724. The van der Waals surface area contributed by atoms with Crippen molar-refractivity contribution in [3.8, 4) is 0 Å². The van der Waals surface area contributed by atoms with Crippen LogP contribution in [0.1, 0.15) is 32.6 Å². The molecule has 2 rings (SSSR count). The standard InChI is InChI=1S/C14H27N3O2/c1-11(9-12-5-3-4-6-16-12)17-7-8-19-10-13(17)14(18)15-2/h11-13,16H,3-10H2,1-2H3,(H,15,18). The van der Waals surface area contributed by atoms with Crippen LogP contribution in [0.2, 0.25) is 0 Å². The lowest BCUT2D eigenvalue weighted by Crippen LogP contribution is -2.57. The Labute approximate surface area is 116 Å². The number of ether oxygens (including phenoxy) is 1. The molecule has 3 unspecified atom stereocenters. The van der Waals surface area contributed by atoms with Gasteiger partial charge in [-0.25, -0.2) is 0 Å². The van der Waals surface area contributed by atoms with E-state index in [1.165, 1.54) is 19.3 Å². The van der Waals surface area contributed by atoms with E-state index in [9.17, 15) is 4.79 Å². The van der Waals surface area contributed by atoms with Gasteiger partial charge in [0.15, 0.2) is 0 Å². The first-order valence-electron chi connectivity index (χ1n) is 7.51. The van der Waals surface area contributed by atoms with E-state index < -0.39 is 0 Å². The van der Waals surface area contributed by atoms with Gasteiger partial charge in [-0.3, -0.25) is 9.69 Å². The molecule has 0 spiro atoms. The second kappa shape index (κ2) is 7.22. The van der Waals surface area contributed by atoms with Crippen molar-refractivity contribution in [2.45, 2.75) is 50.7 Å². The van der Waals surface area contributed by atoms with Crippen molar-refractivity contribution < 1.29 is 9.53 Å². The highest BCUT2D eigenvalue weighted by atomic mass is 16.5. The second-order valence-electron chi connectivity index (χ2n) is 5.67. The topological polar surface area (TPSA) is 53.6 Å². The summed E-state index contributed by atoms with van der Waals surface area (Å²) in [5.41, 5.74) is 0. The number of carbonyl (C=O) groups excluding carboxylic acids is 1. The predicted octanol–water partition coefficient (Wildman–Crippen LogP) is 0.354. The molecule has 0 aromatic heterocycles. The molecule has 5 heteroatoms. The summed E-state index contributed by atoms with van der Waals surface area (Å²) in [6, 6.07) is 0.899. The predicted molar refractivity (Wildman–Crippen MR) is 75.1 cm³/mol. The maximum atomic E-state index is 11.9. The van der Waals surface area contributed by atoms with Gasteiger partial charge in [-0.05, 0) is 32.7 Å². The van der Waals surface area contributed by atoms with Gasteiger partial charge in [0.2, 0.25) is 5.91 Å². The van der Waals surface area contributed by atoms with Crippen LogP contribution in [-0.4, -0.2) is 62.3 Å². The van der Waals surface area contributed by atoms with Gasteiger partial charge in [0.25, 0.3) is 0 Å². The maximum Gasteiger partial charge on any atom is 0.239 e. The molecular weight excluding hydrogens is 242 g/mol. The number of likely N-dealkylation sites (N-methyl/N-ethyl adjacent to an activating group) is 1. The smallest absolute Gasteiger partial charge is 0.239 e. The van der Waals surface area contributed by atoms with Crippen LogP contribution in [0, 0.1) is 0 Å². The van der Waals surface area contributed by atoms with Crippen molar-refractivity contribution in [2.24, 2.45) is 0 Å². The fraction of sp³-hybridized carbons (Fsp3) is 0.929. The molecular formula is C14H27N3O2. The molecule has 110 valence electrons. The lowest BCUT2D eigenvalue weighted by atomic mass is 9.97. The van der Waals surface area contributed by atoms with Gasteiger partial charge in [-0.15, -0.1) is 0 Å². The maximum absolute atomic E-state index is 11.9. The van der Waals surface area contributed by atoms with Crippen LogP contribution < -0.4 is 10.6 Å². The molecule has 0 radical (unpaired) electrons. The van der Waals surface area contributed by atoms with Crippen molar-refractivity contribution in [2.75, 3.05) is 33.4 Å². The first kappa shape index (κ1) is 14.8. The molecule has 2 saturated heterocycles. The molecule has 0 bridgehead atoms. The Bertz CT molecular complexity index is 292. The summed E-state index contributed by atoms with van der Waals surface area (Å²) in [6.07, 6.45) is 5.00. The van der Waals surface area contributed by atoms with E-state index >= 15 is 0 Å². The second-order valence-corrected chi connectivity index (χ2v) is 5.67. The average Bonchev–Trinajstić information content (AvgIpc) is 2.47. The average molecular weight is 269 g/mol. The van der Waals surface area contributed by atoms with Gasteiger partial charge in [-0.2, -0.15) is 0 Å². The largest absolute Gasteiger partial charge is 0.378 e. The third-order valence-electron chi connectivity index (χ3n) is 4.32. The number of amides is 1. The van der Waals surface area contributed by atoms with Gasteiger partial charge in [-0.1, -0.05) is 6.42 Å². The van der Waals surface area contributed by atoms with Crippen LogP contribution >= 0.6 is 0 Å². The van der Waals surface area contributed by atoms with Gasteiger partial charge >= 0.3 is 0 Å². The number of carbonyl (C=O) groups is 1. The Morgan fingerprint density at radius 1 is 1.53 bits per heavy atom. The normalized spacial score (nSPS) is 30.8. The van der Waals surface area contributed by atoms with Gasteiger partial charge in [0.1, 0.15) is 6.04 Å². The molecule has 5 nitrogen and oxygen atoms in total. The number of piperidine rings is 1. The number of morpholine rings is 1. The Morgan fingerprint density at radius 2 is 2.37 bits per heavy atom. The zero-order chi connectivity index (χ0) is 13.7. The third kappa shape index (κ3) is 3.91. The van der Waals surface area contributed by atoms with Crippen molar-refractivity contribution in [3.05, 3.63) is 0 Å². The minimum absolute atomic E-state index is 0.0724. The molecule has 3 atom stereocenters. The summed E-state index contributed by atoms with van der Waals surface area (Å²) < 4.78 is 5.46. The summed E-state index contributed by atoms with van der Waals surface area (Å²) in [5, 5.41) is 6.34. The number of hydrogen-bond donors (Lipinski definition) is 2. The van der Waals surface area contributed by atoms with E-state index in [2.05, 4.69) is 22.5 Å². The molecule has 2 N–H and O–H groups in total. The molecule has 0 aromatic rings. The highest BCUT2D eigenvalue weighted by Gasteiger charge is 2.32. The summed E-state index contributed by atoms with van der Waals surface area (Å²) >= 11 is 0. The molecule has 0 aromatic carbocycles. The molecule has 19 heavy (non-hydrogen) atoms. The van der Waals surface area contributed by atoms with Gasteiger partial charge < -0.3 is 15.4 Å². The van der Waals surface area contributed by atoms with Crippen molar-refractivity contribution in [1.29, 1.82) is 0 Å². The third-order valence-corrected chi connectivity index (χ3v) is 4.32. The molecule has 0 saturated carbocycles. The molecule has 0 aliphatic carbocycles. The Balaban J connectivity index is 1.90. The van der Waals surface area contributed by atoms with Crippen LogP contribution in [0.15, 0.2) is 0 Å². The number of nitrogens with one attached hydrogen (secondary N) is 2. The van der Waals surface area contributed by atoms with Crippen LogP contribution in [-0.2, 0) is 9.53 Å². The minimum atomic E-state index is -0.127. The molecule has 2 aliphatic rings. The van der Waals surface area contributed by atoms with Crippen LogP contribution in [0.5, 0.6) is 0 Å². The monoisotopic (exact) mass is 269 g/mol. The zero-order valence-electron chi connectivity index (χ0n) is 12.2. The Hall–Kier alpha value is -0.650. The van der Waals surface area contributed by atoms with Crippen molar-refractivity contribution in [1.82, 2.24) is 15.5 Å². The zero-order valence-corrected chi connectivity index (χ0v) is 12.2. The van der Waals surface area contributed by atoms with Gasteiger partial charge in [0.05, 0.1) is 13.2 Å². The Kier molecular flexibility index (Phi) is 5.60. The first-order valence-corrected chi connectivity index (χ1v) is 7.51. The van der Waals surface area contributed by atoms with E-state index in [0.29, 0.717) is 18.7 Å². The number of rotatable bonds is 4. The summed E-state index contributed by atoms with van der Waals surface area (Å²) in [4.78, 5) is 14.2. The van der Waals surface area contributed by atoms with Crippen LogP contribution in [0.4, 0.5) is 0 Å². The fourth-order valence-corrected chi connectivity index (χ4v) is 3.21. The fourth-order valence-electron chi connectivity index (χ4n) is 3.21. The van der Waals surface area contributed by atoms with E-state index in [-0.39, 0.29) is 11.9 Å². The lowest BCUT2D eigenvalue weighted by molar-refractivity contribution is -0.134. The lowest BCUT2D eigenvalue weighted by Gasteiger charge is -2.40. The quantitative estimate of drug-likeness (QED) is 0.773. The Morgan fingerprint density at radius 3 is 3.05 bits per heavy atom. The highest BCUT2D eigenvalue weighted by Crippen LogP contribution is 2.18. The minimum Gasteiger partial charge on any atom is -0.378 e. The van der Waals surface area contributed by atoms with E-state index in [1.54, 1.807) is 7.05 Å². The SMILES string of the molecule is CNC(=O)C1COCCN1C(C)CC1CCCCN1. The van der Waals surface area contributed by atoms with Crippen LogP contribution in [0.25, 0.3) is 0 Å². The molecule has 2 fully saturated rings. The first-order chi connectivity index (χ1) is 9.22. The number of hydrogen-bond acceptors (Lipinski definition) is 4. The molecule has 1 amide bonds. The van der Waals surface area contributed by atoms with Crippen molar-refractivity contribution >= 4 is 5.91 Å². The highest BCUT2D eigenvalue weighted by molar-refractivity contribution is 5.81. The van der Waals surface area contributed by atoms with E-state index in [0.717, 1.165) is 26.1 Å². The van der Waals surface area contributed by atoms with Crippen molar-refractivity contribution in [3.63, 3.8) is 0 Å². The van der Waals surface area contributed by atoms with Gasteiger partial charge in [0, 0.05) is 25.7 Å². The molecule has 2 aliphatic heterocycles. The van der Waals surface area contributed by atoms with E-state index in [1.807, 2.05) is 0 Å². The van der Waals surface area contributed by atoms with Crippen LogP contribution in [0.3, 0.4) is 0 Å². The summed E-state index contributed by atoms with van der Waals surface area (Å²) in [7, 11) is 1.70.